The summed E-state index contributed by atoms with van der Waals surface area (Å²) in [5.41, 5.74) is 4.51. The molecule has 6 rings (SSSR count). The van der Waals surface area contributed by atoms with Gasteiger partial charge in [0.25, 0.3) is 11.5 Å². The van der Waals surface area contributed by atoms with Crippen molar-refractivity contribution in [1.29, 1.82) is 0 Å². The molecule has 1 aliphatic carbocycles. The minimum Gasteiger partial charge on any atom is -0.354 e. The van der Waals surface area contributed by atoms with E-state index < -0.39 is 0 Å². The molecule has 0 spiro atoms. The molecule has 0 saturated carbocycles. The average molecular weight is 506 g/mol. The van der Waals surface area contributed by atoms with Gasteiger partial charge < -0.3 is 20.5 Å². The van der Waals surface area contributed by atoms with Crippen molar-refractivity contribution in [3.8, 4) is 0 Å². The number of carbonyl (C=O) groups excluding carboxylic acids is 1. The smallest absolute Gasteiger partial charge is 0.290 e. The molecule has 1 saturated heterocycles. The van der Waals surface area contributed by atoms with Crippen molar-refractivity contribution in [2.24, 2.45) is 7.05 Å². The number of carbonyl (C=O) groups is 1. The molecule has 0 unspecified atom stereocenters. The summed E-state index contributed by atoms with van der Waals surface area (Å²) >= 11 is 0. The number of amides is 1. The number of nitrogens with one attached hydrogen (secondary N) is 3. The lowest BCUT2D eigenvalue weighted by molar-refractivity contribution is 0.0928. The number of likely N-dealkylation sites (N-methyl/N-ethyl adjacent to an activating group) is 1. The molecule has 11 heteroatoms. The zero-order valence-electron chi connectivity index (χ0n) is 21.6. The molecule has 37 heavy (non-hydrogen) atoms. The highest BCUT2D eigenvalue weighted by Crippen LogP contribution is 2.24. The molecule has 1 fully saturated rings. The number of fused-ring (bicyclic) bond motifs is 2. The Labute approximate surface area is 215 Å². The van der Waals surface area contributed by atoms with E-state index in [1.165, 1.54) is 28.8 Å². The minimum absolute atomic E-state index is 0.00822. The highest BCUT2D eigenvalue weighted by Gasteiger charge is 2.25. The summed E-state index contributed by atoms with van der Waals surface area (Å²) < 4.78 is 3.36. The zero-order chi connectivity index (χ0) is 25.5. The van der Waals surface area contributed by atoms with E-state index in [2.05, 4.69) is 42.7 Å². The van der Waals surface area contributed by atoms with Crippen molar-refractivity contribution in [3.63, 3.8) is 0 Å². The zero-order valence-corrected chi connectivity index (χ0v) is 21.6. The summed E-state index contributed by atoms with van der Waals surface area (Å²) in [5.74, 6) is 1.32. The Morgan fingerprint density at radius 1 is 1.05 bits per heavy atom. The van der Waals surface area contributed by atoms with Gasteiger partial charge in [-0.05, 0) is 57.2 Å². The van der Waals surface area contributed by atoms with Crippen molar-refractivity contribution < 1.29 is 4.79 Å². The van der Waals surface area contributed by atoms with Gasteiger partial charge in [0.2, 0.25) is 0 Å². The Bertz CT molecular complexity index is 1350. The van der Waals surface area contributed by atoms with Gasteiger partial charge in [-0.25, -0.2) is 4.68 Å². The molecule has 1 amide bonds. The normalized spacial score (nSPS) is 19.8. The van der Waals surface area contributed by atoms with Gasteiger partial charge in [-0.15, -0.1) is 0 Å². The van der Waals surface area contributed by atoms with E-state index in [0.717, 1.165) is 57.6 Å². The van der Waals surface area contributed by atoms with Crippen molar-refractivity contribution in [2.45, 2.75) is 57.7 Å². The SMILES string of the molecule is CN1CCn2nc(Nc3cc(N4CCC[C@@H](NC(=O)c5cc6c([nH]5)CCCC6)C4)nn(C)c3=O)cc2C1. The van der Waals surface area contributed by atoms with Gasteiger partial charge in [0.1, 0.15) is 11.4 Å². The number of aryl methyl sites for hydroxylation is 3. The first-order chi connectivity index (χ1) is 17.9. The monoisotopic (exact) mass is 505 g/mol. The van der Waals surface area contributed by atoms with Crippen LogP contribution < -0.4 is 21.1 Å². The van der Waals surface area contributed by atoms with E-state index in [9.17, 15) is 9.59 Å². The fourth-order valence-corrected chi connectivity index (χ4v) is 5.73. The van der Waals surface area contributed by atoms with Crippen molar-refractivity contribution in [1.82, 2.24) is 34.8 Å². The van der Waals surface area contributed by atoms with Crippen LogP contribution in [-0.4, -0.2) is 68.1 Å². The van der Waals surface area contributed by atoms with Crippen LogP contribution in [0, 0.1) is 0 Å². The Kier molecular flexibility index (Phi) is 6.23. The van der Waals surface area contributed by atoms with Crippen molar-refractivity contribution in [2.75, 3.05) is 36.9 Å². The number of aromatic amines is 1. The predicted molar refractivity (Wildman–Crippen MR) is 141 cm³/mol. The lowest BCUT2D eigenvalue weighted by Crippen LogP contribution is -2.48. The van der Waals surface area contributed by atoms with Crippen LogP contribution in [0.15, 0.2) is 23.0 Å². The number of H-pyrrole nitrogens is 1. The third-order valence-corrected chi connectivity index (χ3v) is 7.74. The molecule has 3 aliphatic rings. The summed E-state index contributed by atoms with van der Waals surface area (Å²) in [4.78, 5) is 33.6. The summed E-state index contributed by atoms with van der Waals surface area (Å²) in [6.07, 6.45) is 6.27. The van der Waals surface area contributed by atoms with Crippen LogP contribution in [-0.2, 0) is 33.0 Å². The van der Waals surface area contributed by atoms with E-state index in [0.29, 0.717) is 29.6 Å². The van der Waals surface area contributed by atoms with E-state index in [-0.39, 0.29) is 17.5 Å². The number of aromatic nitrogens is 5. The molecule has 0 bridgehead atoms. The van der Waals surface area contributed by atoms with Crippen LogP contribution >= 0.6 is 0 Å². The van der Waals surface area contributed by atoms with Gasteiger partial charge in [-0.3, -0.25) is 19.2 Å². The van der Waals surface area contributed by atoms with Crippen LogP contribution in [0.4, 0.5) is 17.3 Å². The Morgan fingerprint density at radius 3 is 2.78 bits per heavy atom. The molecule has 5 heterocycles. The van der Waals surface area contributed by atoms with Crippen LogP contribution in [0.5, 0.6) is 0 Å². The van der Waals surface area contributed by atoms with Gasteiger partial charge in [-0.1, -0.05) is 0 Å². The maximum atomic E-state index is 13.0. The van der Waals surface area contributed by atoms with Crippen LogP contribution in [0.2, 0.25) is 0 Å². The third kappa shape index (κ3) is 4.87. The van der Waals surface area contributed by atoms with E-state index in [1.807, 2.05) is 16.8 Å². The van der Waals surface area contributed by atoms with E-state index >= 15 is 0 Å². The van der Waals surface area contributed by atoms with E-state index in [4.69, 9.17) is 0 Å². The summed E-state index contributed by atoms with van der Waals surface area (Å²) in [6, 6.07) is 5.83. The molecular formula is C26H35N9O2. The highest BCUT2D eigenvalue weighted by atomic mass is 16.2. The first-order valence-electron chi connectivity index (χ1n) is 13.3. The Morgan fingerprint density at radius 2 is 1.92 bits per heavy atom. The standard InChI is InChI=1S/C26H35N9O2/c1-32-10-11-35-19(16-32)13-23(30-35)29-22-14-24(31-33(2)26(22)37)34-9-5-7-18(15-34)27-25(36)21-12-17-6-3-4-8-20(17)28-21/h12-14,18,28H,3-11,15-16H2,1-2H3,(H,27,36)(H,29,30)/t18-/m1/s1. The first-order valence-corrected chi connectivity index (χ1v) is 13.3. The fourth-order valence-electron chi connectivity index (χ4n) is 5.73. The second kappa shape index (κ2) is 9.70. The molecule has 3 aromatic heterocycles. The van der Waals surface area contributed by atoms with E-state index in [1.54, 1.807) is 13.1 Å². The van der Waals surface area contributed by atoms with Crippen LogP contribution in [0.3, 0.4) is 0 Å². The molecule has 196 valence electrons. The van der Waals surface area contributed by atoms with Gasteiger partial charge in [0.05, 0.1) is 12.2 Å². The van der Waals surface area contributed by atoms with Gasteiger partial charge >= 0.3 is 0 Å². The summed E-state index contributed by atoms with van der Waals surface area (Å²) in [7, 11) is 3.76. The molecule has 1 atom stereocenters. The van der Waals surface area contributed by atoms with Crippen LogP contribution in [0.1, 0.15) is 53.1 Å². The van der Waals surface area contributed by atoms with Gasteiger partial charge in [0.15, 0.2) is 11.6 Å². The maximum absolute atomic E-state index is 13.0. The topological polar surface area (TPSA) is 116 Å². The molecule has 3 aromatic rings. The quantitative estimate of drug-likeness (QED) is 0.484. The number of piperidine rings is 1. The molecule has 3 N–H and O–H groups in total. The highest BCUT2D eigenvalue weighted by molar-refractivity contribution is 5.93. The predicted octanol–water partition coefficient (Wildman–Crippen LogP) is 1.77. The largest absolute Gasteiger partial charge is 0.354 e. The van der Waals surface area contributed by atoms with Crippen LogP contribution in [0.25, 0.3) is 0 Å². The number of rotatable bonds is 5. The molecular weight excluding hydrogens is 470 g/mol. The fraction of sp³-hybridized carbons (Fsp3) is 0.538. The lowest BCUT2D eigenvalue weighted by atomic mass is 9.98. The second-order valence-corrected chi connectivity index (χ2v) is 10.6. The summed E-state index contributed by atoms with van der Waals surface area (Å²) in [6.45, 7) is 4.08. The maximum Gasteiger partial charge on any atom is 0.290 e. The second-order valence-electron chi connectivity index (χ2n) is 10.6. The Hall–Kier alpha value is -3.60. The average Bonchev–Trinajstić information content (AvgIpc) is 3.50. The third-order valence-electron chi connectivity index (χ3n) is 7.74. The minimum atomic E-state index is -0.204. The molecule has 0 aromatic carbocycles. The number of nitrogens with zero attached hydrogens (tertiary/aromatic N) is 6. The Balaban J connectivity index is 1.16. The lowest BCUT2D eigenvalue weighted by Gasteiger charge is -2.34. The number of anilines is 3. The van der Waals surface area contributed by atoms with Crippen molar-refractivity contribution >= 4 is 23.2 Å². The number of hydrogen-bond acceptors (Lipinski definition) is 7. The molecule has 0 radical (unpaired) electrons. The first kappa shape index (κ1) is 23.8. The summed E-state index contributed by atoms with van der Waals surface area (Å²) in [5, 5.41) is 15.6. The van der Waals surface area contributed by atoms with Gasteiger partial charge in [0, 0.05) is 57.1 Å². The number of hydrogen-bond donors (Lipinski definition) is 3. The van der Waals surface area contributed by atoms with Crippen molar-refractivity contribution in [3.05, 3.63) is 51.2 Å². The van der Waals surface area contributed by atoms with Gasteiger partial charge in [-0.2, -0.15) is 10.2 Å². The molecule has 2 aliphatic heterocycles. The molecule has 11 nitrogen and oxygen atoms in total.